The van der Waals surface area contributed by atoms with Crippen molar-refractivity contribution in [3.05, 3.63) is 0 Å². The van der Waals surface area contributed by atoms with Crippen LogP contribution < -0.4 is 0 Å². The SMILES string of the molecule is C[Si](C)(C)CCC[Si](C)(C)CCCOC(=O)O. The third-order valence-corrected chi connectivity index (χ3v) is 8.27. The van der Waals surface area contributed by atoms with Crippen LogP contribution in [0.3, 0.4) is 0 Å². The normalized spacial score (nSPS) is 12.5. The summed E-state index contributed by atoms with van der Waals surface area (Å²) in [4.78, 5) is 10.2. The molecule has 0 fully saturated rings. The zero-order chi connectivity index (χ0) is 13.5. The van der Waals surface area contributed by atoms with E-state index >= 15 is 0 Å². The van der Waals surface area contributed by atoms with E-state index in [1.165, 1.54) is 24.6 Å². The maximum Gasteiger partial charge on any atom is 0.505 e. The van der Waals surface area contributed by atoms with E-state index in [4.69, 9.17) is 5.11 Å². The van der Waals surface area contributed by atoms with Crippen molar-refractivity contribution < 1.29 is 14.6 Å². The van der Waals surface area contributed by atoms with Crippen LogP contribution in [0.1, 0.15) is 12.8 Å². The molecule has 5 heteroatoms. The van der Waals surface area contributed by atoms with Crippen LogP contribution in [0.2, 0.25) is 50.9 Å². The van der Waals surface area contributed by atoms with Gasteiger partial charge in [0.1, 0.15) is 0 Å². The highest BCUT2D eigenvalue weighted by Gasteiger charge is 2.21. The molecule has 0 heterocycles. The maximum absolute atomic E-state index is 10.2. The van der Waals surface area contributed by atoms with Crippen LogP contribution in [0.5, 0.6) is 0 Å². The van der Waals surface area contributed by atoms with Gasteiger partial charge in [-0.3, -0.25) is 0 Å². The van der Waals surface area contributed by atoms with Crippen molar-refractivity contribution >= 4 is 22.3 Å². The molecular formula is C12H28O3Si2. The summed E-state index contributed by atoms with van der Waals surface area (Å²) in [6.07, 6.45) is 1.09. The van der Waals surface area contributed by atoms with Crippen LogP contribution in [0.15, 0.2) is 0 Å². The van der Waals surface area contributed by atoms with Crippen molar-refractivity contribution in [3.8, 4) is 0 Å². The van der Waals surface area contributed by atoms with Crippen LogP contribution in [-0.2, 0) is 4.74 Å². The van der Waals surface area contributed by atoms with Gasteiger partial charge in [-0.2, -0.15) is 0 Å². The van der Waals surface area contributed by atoms with Gasteiger partial charge in [0.05, 0.1) is 6.61 Å². The van der Waals surface area contributed by atoms with Crippen molar-refractivity contribution in [1.82, 2.24) is 0 Å². The summed E-state index contributed by atoms with van der Waals surface area (Å²) in [5, 5.41) is 8.37. The summed E-state index contributed by atoms with van der Waals surface area (Å²) >= 11 is 0. The quantitative estimate of drug-likeness (QED) is 0.403. The number of ether oxygens (including phenoxy) is 1. The molecule has 0 atom stereocenters. The van der Waals surface area contributed by atoms with Gasteiger partial charge < -0.3 is 9.84 Å². The van der Waals surface area contributed by atoms with Gasteiger partial charge in [-0.05, 0) is 6.42 Å². The van der Waals surface area contributed by atoms with Gasteiger partial charge in [0, 0.05) is 16.1 Å². The van der Waals surface area contributed by atoms with Crippen LogP contribution in [-0.4, -0.2) is 34.0 Å². The van der Waals surface area contributed by atoms with E-state index in [1.807, 2.05) is 0 Å². The summed E-state index contributed by atoms with van der Waals surface area (Å²) < 4.78 is 4.54. The molecule has 0 spiro atoms. The van der Waals surface area contributed by atoms with E-state index < -0.39 is 22.3 Å². The summed E-state index contributed by atoms with van der Waals surface area (Å²) in [6.45, 7) is 12.4. The van der Waals surface area contributed by atoms with Crippen LogP contribution in [0, 0.1) is 0 Å². The molecule has 0 saturated heterocycles. The Morgan fingerprint density at radius 3 is 2.00 bits per heavy atom. The Bertz CT molecular complexity index is 234. The van der Waals surface area contributed by atoms with Gasteiger partial charge in [0.2, 0.25) is 0 Å². The van der Waals surface area contributed by atoms with Gasteiger partial charge in [0.15, 0.2) is 0 Å². The minimum atomic E-state index is -1.15. The first-order valence-electron chi connectivity index (χ1n) is 6.48. The molecule has 0 rings (SSSR count). The first kappa shape index (κ1) is 16.7. The Morgan fingerprint density at radius 2 is 1.53 bits per heavy atom. The monoisotopic (exact) mass is 276 g/mol. The summed E-state index contributed by atoms with van der Waals surface area (Å²) in [6, 6.07) is 3.95. The zero-order valence-corrected chi connectivity index (χ0v) is 14.0. The van der Waals surface area contributed by atoms with Gasteiger partial charge in [-0.15, -0.1) is 0 Å². The first-order chi connectivity index (χ1) is 7.62. The van der Waals surface area contributed by atoms with Crippen LogP contribution in [0.25, 0.3) is 0 Å². The van der Waals surface area contributed by atoms with Gasteiger partial charge >= 0.3 is 6.16 Å². The zero-order valence-electron chi connectivity index (χ0n) is 12.0. The second-order valence-electron chi connectivity index (χ2n) is 6.80. The minimum Gasteiger partial charge on any atom is -0.450 e. The number of hydrogen-bond donors (Lipinski definition) is 1. The molecule has 0 saturated carbocycles. The highest BCUT2D eigenvalue weighted by Crippen LogP contribution is 2.23. The van der Waals surface area contributed by atoms with E-state index in [-0.39, 0.29) is 0 Å². The fourth-order valence-corrected chi connectivity index (χ4v) is 6.01. The average Bonchev–Trinajstić information content (AvgIpc) is 2.09. The third kappa shape index (κ3) is 12.0. The van der Waals surface area contributed by atoms with Gasteiger partial charge in [-0.1, -0.05) is 57.3 Å². The van der Waals surface area contributed by atoms with Crippen molar-refractivity contribution in [3.63, 3.8) is 0 Å². The molecule has 0 aromatic rings. The van der Waals surface area contributed by atoms with Crippen molar-refractivity contribution in [2.75, 3.05) is 6.61 Å². The molecule has 0 aliphatic heterocycles. The molecular weight excluding hydrogens is 248 g/mol. The molecule has 0 bridgehead atoms. The molecule has 102 valence electrons. The highest BCUT2D eigenvalue weighted by atomic mass is 28.3. The lowest BCUT2D eigenvalue weighted by atomic mass is 10.5. The Balaban J connectivity index is 3.69. The largest absolute Gasteiger partial charge is 0.505 e. The van der Waals surface area contributed by atoms with Crippen molar-refractivity contribution in [1.29, 1.82) is 0 Å². The lowest BCUT2D eigenvalue weighted by Crippen LogP contribution is -2.27. The highest BCUT2D eigenvalue weighted by molar-refractivity contribution is 6.78. The fourth-order valence-electron chi connectivity index (χ4n) is 1.93. The second kappa shape index (κ2) is 7.21. The molecule has 17 heavy (non-hydrogen) atoms. The number of rotatable bonds is 8. The number of carbonyl (C=O) groups is 1. The molecule has 3 nitrogen and oxygen atoms in total. The Labute approximate surface area is 108 Å². The van der Waals surface area contributed by atoms with E-state index in [2.05, 4.69) is 37.5 Å². The minimum absolute atomic E-state index is 0.361. The number of hydrogen-bond acceptors (Lipinski definition) is 2. The van der Waals surface area contributed by atoms with Gasteiger partial charge in [-0.25, -0.2) is 4.79 Å². The maximum atomic E-state index is 10.2. The Hall–Kier alpha value is -0.296. The Morgan fingerprint density at radius 1 is 1.00 bits per heavy atom. The molecule has 0 aliphatic rings. The standard InChI is InChI=1S/C12H28O3Si2/c1-16(2,3)9-7-11-17(4,5)10-6-8-15-12(13)14/h6-11H2,1-5H3,(H,13,14). The molecule has 0 aromatic carbocycles. The van der Waals surface area contributed by atoms with E-state index in [1.54, 1.807) is 0 Å². The van der Waals surface area contributed by atoms with Crippen LogP contribution >= 0.6 is 0 Å². The van der Waals surface area contributed by atoms with E-state index in [0.29, 0.717) is 6.61 Å². The summed E-state index contributed by atoms with van der Waals surface area (Å²) in [5.41, 5.74) is 0. The van der Waals surface area contributed by atoms with E-state index in [0.717, 1.165) is 6.42 Å². The summed E-state index contributed by atoms with van der Waals surface area (Å²) in [5.74, 6) is 0. The topological polar surface area (TPSA) is 46.5 Å². The predicted molar refractivity (Wildman–Crippen MR) is 78.5 cm³/mol. The molecule has 0 unspecified atom stereocenters. The molecule has 0 aromatic heterocycles. The average molecular weight is 277 g/mol. The number of carboxylic acid groups (broad SMARTS) is 1. The van der Waals surface area contributed by atoms with Crippen LogP contribution in [0.4, 0.5) is 4.79 Å². The Kier molecular flexibility index (Phi) is 7.08. The molecule has 0 amide bonds. The third-order valence-electron chi connectivity index (χ3n) is 3.00. The summed E-state index contributed by atoms with van der Waals surface area (Å²) in [7, 11) is -2.02. The second-order valence-corrected chi connectivity index (χ2v) is 17.7. The predicted octanol–water partition coefficient (Wildman–Crippen LogP) is 4.51. The lowest BCUT2D eigenvalue weighted by molar-refractivity contribution is 0.0917. The van der Waals surface area contributed by atoms with Crippen molar-refractivity contribution in [2.24, 2.45) is 0 Å². The molecule has 0 radical (unpaired) electrons. The smallest absolute Gasteiger partial charge is 0.450 e. The van der Waals surface area contributed by atoms with E-state index in [9.17, 15) is 4.79 Å². The molecule has 1 N–H and O–H groups in total. The lowest BCUT2D eigenvalue weighted by Gasteiger charge is -2.24. The molecule has 0 aliphatic carbocycles. The van der Waals surface area contributed by atoms with Crippen molar-refractivity contribution in [2.45, 2.75) is 63.7 Å². The van der Waals surface area contributed by atoms with Gasteiger partial charge in [0.25, 0.3) is 0 Å². The first-order valence-corrected chi connectivity index (χ1v) is 13.6. The fraction of sp³-hybridized carbons (Fsp3) is 0.917.